The van der Waals surface area contributed by atoms with Gasteiger partial charge in [0.2, 0.25) is 10.0 Å². The molecule has 0 aromatic heterocycles. The highest BCUT2D eigenvalue weighted by Crippen LogP contribution is 2.28. The Kier molecular flexibility index (Phi) is 5.41. The highest BCUT2D eigenvalue weighted by atomic mass is 79.9. The van der Waals surface area contributed by atoms with Crippen molar-refractivity contribution in [3.8, 4) is 0 Å². The molecule has 0 spiro atoms. The first-order valence-electron chi connectivity index (χ1n) is 6.42. The Morgan fingerprint density at radius 1 is 1.26 bits per heavy atom. The number of nitrogens with one attached hydrogen (secondary N) is 1. The van der Waals surface area contributed by atoms with E-state index in [-0.39, 0.29) is 5.02 Å². The molecular formula is C14H12BrClN2O4S. The molecule has 0 saturated carbocycles. The lowest BCUT2D eigenvalue weighted by atomic mass is 10.1. The van der Waals surface area contributed by atoms with Crippen LogP contribution >= 0.6 is 27.5 Å². The quantitative estimate of drug-likeness (QED) is 0.585. The summed E-state index contributed by atoms with van der Waals surface area (Å²) in [6.45, 7) is 1.65. The fraction of sp³-hybridized carbons (Fsp3) is 0.143. The lowest BCUT2D eigenvalue weighted by molar-refractivity contribution is -0.387. The maximum Gasteiger partial charge on any atom is 0.290 e. The summed E-state index contributed by atoms with van der Waals surface area (Å²) in [5.74, 6) is 0. The maximum absolute atomic E-state index is 12.5. The van der Waals surface area contributed by atoms with Gasteiger partial charge in [-0.15, -0.1) is 0 Å². The minimum absolute atomic E-state index is 0.0932. The molecule has 1 atom stereocenters. The lowest BCUT2D eigenvalue weighted by Crippen LogP contribution is -2.27. The van der Waals surface area contributed by atoms with Gasteiger partial charge >= 0.3 is 0 Å². The number of rotatable bonds is 5. The Morgan fingerprint density at radius 3 is 2.57 bits per heavy atom. The zero-order valence-corrected chi connectivity index (χ0v) is 15.0. The van der Waals surface area contributed by atoms with Crippen LogP contribution in [-0.4, -0.2) is 13.3 Å². The number of hydrogen-bond donors (Lipinski definition) is 1. The number of nitrogens with zero attached hydrogens (tertiary/aromatic N) is 1. The van der Waals surface area contributed by atoms with E-state index in [9.17, 15) is 18.5 Å². The number of sulfonamides is 1. The predicted molar refractivity (Wildman–Crippen MR) is 91.0 cm³/mol. The van der Waals surface area contributed by atoms with Crippen LogP contribution < -0.4 is 4.72 Å². The Morgan fingerprint density at radius 2 is 1.96 bits per heavy atom. The van der Waals surface area contributed by atoms with Crippen LogP contribution in [0.25, 0.3) is 0 Å². The Labute approximate surface area is 146 Å². The second-order valence-electron chi connectivity index (χ2n) is 4.77. The molecule has 0 radical (unpaired) electrons. The zero-order valence-electron chi connectivity index (χ0n) is 11.9. The van der Waals surface area contributed by atoms with Crippen LogP contribution in [0.4, 0.5) is 5.69 Å². The topological polar surface area (TPSA) is 89.3 Å². The van der Waals surface area contributed by atoms with Crippen LogP contribution in [0.3, 0.4) is 0 Å². The molecule has 0 aliphatic heterocycles. The number of nitro benzene ring substituents is 1. The van der Waals surface area contributed by atoms with Crippen molar-refractivity contribution in [2.45, 2.75) is 17.9 Å². The molecule has 9 heteroatoms. The van der Waals surface area contributed by atoms with Crippen LogP contribution in [0.1, 0.15) is 18.5 Å². The molecular weight excluding hydrogens is 408 g/mol. The van der Waals surface area contributed by atoms with Gasteiger partial charge in [0.25, 0.3) is 5.69 Å². The molecule has 0 saturated heterocycles. The number of halogens is 2. The second kappa shape index (κ2) is 6.96. The summed E-state index contributed by atoms with van der Waals surface area (Å²) in [6, 6.07) is 9.98. The molecule has 2 aromatic carbocycles. The smallest absolute Gasteiger partial charge is 0.258 e. The van der Waals surface area contributed by atoms with Gasteiger partial charge in [0, 0.05) is 21.6 Å². The molecule has 6 nitrogen and oxygen atoms in total. The van der Waals surface area contributed by atoms with Crippen molar-refractivity contribution < 1.29 is 13.3 Å². The largest absolute Gasteiger partial charge is 0.290 e. The summed E-state index contributed by atoms with van der Waals surface area (Å²) < 4.78 is 28.2. The third-order valence-corrected chi connectivity index (χ3v) is 5.40. The van der Waals surface area contributed by atoms with E-state index in [1.165, 1.54) is 6.07 Å². The standard InChI is InChI=1S/C14H12BrClN2O4S/c1-9(10-3-2-4-11(15)7-10)17-23(21,22)14-6-5-12(16)8-13(14)18(19)20/h2-9,17H,1H3. The summed E-state index contributed by atoms with van der Waals surface area (Å²) in [5.41, 5.74) is 0.158. The second-order valence-corrected chi connectivity index (χ2v) is 7.80. The maximum atomic E-state index is 12.5. The molecule has 0 aliphatic carbocycles. The predicted octanol–water partition coefficient (Wildman–Crippen LogP) is 4.05. The summed E-state index contributed by atoms with van der Waals surface area (Å²) in [5, 5.41) is 11.2. The van der Waals surface area contributed by atoms with Gasteiger partial charge in [0.1, 0.15) is 0 Å². The highest BCUT2D eigenvalue weighted by Gasteiger charge is 2.27. The van der Waals surface area contributed by atoms with Gasteiger partial charge in [-0.3, -0.25) is 10.1 Å². The van der Waals surface area contributed by atoms with E-state index in [0.29, 0.717) is 0 Å². The minimum Gasteiger partial charge on any atom is -0.258 e. The van der Waals surface area contributed by atoms with Gasteiger partial charge in [0.05, 0.1) is 4.92 Å². The van der Waals surface area contributed by atoms with Crippen molar-refractivity contribution in [3.05, 3.63) is 67.6 Å². The average molecular weight is 420 g/mol. The Hall–Kier alpha value is -1.48. The van der Waals surface area contributed by atoms with Crippen molar-refractivity contribution in [1.82, 2.24) is 4.72 Å². The molecule has 0 fully saturated rings. The van der Waals surface area contributed by atoms with Crippen LogP contribution in [0.2, 0.25) is 5.02 Å². The van der Waals surface area contributed by atoms with Crippen LogP contribution in [0.15, 0.2) is 51.8 Å². The van der Waals surface area contributed by atoms with E-state index < -0.39 is 31.6 Å². The molecule has 23 heavy (non-hydrogen) atoms. The molecule has 0 aliphatic rings. The molecule has 122 valence electrons. The highest BCUT2D eigenvalue weighted by molar-refractivity contribution is 9.10. The first kappa shape index (κ1) is 17.9. The molecule has 0 bridgehead atoms. The van der Waals surface area contributed by atoms with E-state index in [0.717, 1.165) is 22.2 Å². The van der Waals surface area contributed by atoms with Crippen molar-refractivity contribution in [1.29, 1.82) is 0 Å². The minimum atomic E-state index is -4.08. The Balaban J connectivity index is 2.38. The first-order chi connectivity index (χ1) is 10.7. The van der Waals surface area contributed by atoms with Gasteiger partial charge < -0.3 is 0 Å². The molecule has 1 unspecified atom stereocenters. The SMILES string of the molecule is CC(NS(=O)(=O)c1ccc(Cl)cc1[N+](=O)[O-])c1cccc(Br)c1. The van der Waals surface area contributed by atoms with E-state index in [4.69, 9.17) is 11.6 Å². The third kappa shape index (κ3) is 4.29. The molecule has 2 rings (SSSR count). The number of nitro groups is 1. The van der Waals surface area contributed by atoms with Gasteiger partial charge in [-0.25, -0.2) is 13.1 Å². The van der Waals surface area contributed by atoms with Crippen molar-refractivity contribution >= 4 is 43.2 Å². The summed E-state index contributed by atoms with van der Waals surface area (Å²) in [4.78, 5) is 9.87. The fourth-order valence-corrected chi connectivity index (χ4v) is 3.97. The van der Waals surface area contributed by atoms with E-state index >= 15 is 0 Å². The normalized spacial score (nSPS) is 12.8. The van der Waals surface area contributed by atoms with Crippen molar-refractivity contribution in [3.63, 3.8) is 0 Å². The van der Waals surface area contributed by atoms with Gasteiger partial charge in [0.15, 0.2) is 4.90 Å². The summed E-state index contributed by atoms with van der Waals surface area (Å²) in [6.07, 6.45) is 0. The van der Waals surface area contributed by atoms with E-state index in [1.807, 2.05) is 6.07 Å². The van der Waals surface area contributed by atoms with Gasteiger partial charge in [-0.05, 0) is 36.8 Å². The molecule has 1 N–H and O–H groups in total. The summed E-state index contributed by atoms with van der Waals surface area (Å²) >= 11 is 9.02. The monoisotopic (exact) mass is 418 g/mol. The van der Waals surface area contributed by atoms with E-state index in [2.05, 4.69) is 20.7 Å². The van der Waals surface area contributed by atoms with Crippen LogP contribution in [0.5, 0.6) is 0 Å². The third-order valence-electron chi connectivity index (χ3n) is 3.09. The van der Waals surface area contributed by atoms with E-state index in [1.54, 1.807) is 25.1 Å². The molecule has 0 heterocycles. The van der Waals surface area contributed by atoms with Crippen LogP contribution in [0, 0.1) is 10.1 Å². The fourth-order valence-electron chi connectivity index (χ4n) is 2.00. The van der Waals surface area contributed by atoms with Crippen LogP contribution in [-0.2, 0) is 10.0 Å². The Bertz CT molecular complexity index is 858. The molecule has 2 aromatic rings. The zero-order chi connectivity index (χ0) is 17.2. The van der Waals surface area contributed by atoms with Gasteiger partial charge in [-0.1, -0.05) is 39.7 Å². The lowest BCUT2D eigenvalue weighted by Gasteiger charge is -2.15. The van der Waals surface area contributed by atoms with Gasteiger partial charge in [-0.2, -0.15) is 0 Å². The average Bonchev–Trinajstić information content (AvgIpc) is 2.46. The number of benzene rings is 2. The molecule has 0 amide bonds. The summed E-state index contributed by atoms with van der Waals surface area (Å²) in [7, 11) is -4.08. The first-order valence-corrected chi connectivity index (χ1v) is 9.08. The number of hydrogen-bond acceptors (Lipinski definition) is 4. The van der Waals surface area contributed by atoms with Crippen molar-refractivity contribution in [2.24, 2.45) is 0 Å². The van der Waals surface area contributed by atoms with Crippen molar-refractivity contribution in [2.75, 3.05) is 0 Å².